The molecule has 2 aromatic carbocycles. The van der Waals surface area contributed by atoms with Crippen LogP contribution in [-0.4, -0.2) is 13.2 Å². The highest BCUT2D eigenvalue weighted by Gasteiger charge is 2.03. The summed E-state index contributed by atoms with van der Waals surface area (Å²) >= 11 is 6.90. The third kappa shape index (κ3) is 4.53. The van der Waals surface area contributed by atoms with Gasteiger partial charge in [-0.15, -0.1) is 0 Å². The number of aryl methyl sites for hydroxylation is 1. The molecule has 20 heavy (non-hydrogen) atoms. The molecule has 0 saturated heterocycles. The van der Waals surface area contributed by atoms with Crippen molar-refractivity contribution in [3.63, 3.8) is 0 Å². The molecule has 0 amide bonds. The van der Waals surface area contributed by atoms with Crippen molar-refractivity contribution in [3.8, 4) is 11.5 Å². The second-order valence-corrected chi connectivity index (χ2v) is 5.88. The summed E-state index contributed by atoms with van der Waals surface area (Å²) in [4.78, 5) is 0. The normalized spacial score (nSPS) is 10.3. The van der Waals surface area contributed by atoms with E-state index in [1.165, 1.54) is 5.56 Å². The molecule has 2 rings (SSSR count). The molecule has 0 aliphatic rings. The van der Waals surface area contributed by atoms with Crippen LogP contribution in [0.15, 0.2) is 46.9 Å². The van der Waals surface area contributed by atoms with E-state index in [2.05, 4.69) is 50.9 Å². The van der Waals surface area contributed by atoms with Gasteiger partial charge in [-0.3, -0.25) is 0 Å². The van der Waals surface area contributed by atoms with Gasteiger partial charge in [-0.2, -0.15) is 0 Å². The van der Waals surface area contributed by atoms with Crippen LogP contribution in [-0.2, 0) is 5.33 Å². The molecule has 0 aliphatic heterocycles. The number of alkyl halides is 1. The van der Waals surface area contributed by atoms with Gasteiger partial charge in [-0.05, 0) is 31.2 Å². The number of benzene rings is 2. The lowest BCUT2D eigenvalue weighted by Gasteiger charge is -2.11. The van der Waals surface area contributed by atoms with Crippen molar-refractivity contribution in [1.29, 1.82) is 0 Å². The van der Waals surface area contributed by atoms with Crippen molar-refractivity contribution < 1.29 is 9.47 Å². The fourth-order valence-corrected chi connectivity index (χ4v) is 2.64. The van der Waals surface area contributed by atoms with E-state index in [1.54, 1.807) is 0 Å². The van der Waals surface area contributed by atoms with Gasteiger partial charge in [0.1, 0.15) is 24.7 Å². The third-order valence-corrected chi connectivity index (χ3v) is 3.86. The van der Waals surface area contributed by atoms with Crippen LogP contribution in [0.3, 0.4) is 0 Å². The summed E-state index contributed by atoms with van der Waals surface area (Å²) in [7, 11) is 0. The van der Waals surface area contributed by atoms with Gasteiger partial charge in [0, 0.05) is 15.4 Å². The van der Waals surface area contributed by atoms with Gasteiger partial charge in [-0.25, -0.2) is 0 Å². The van der Waals surface area contributed by atoms with E-state index >= 15 is 0 Å². The van der Waals surface area contributed by atoms with E-state index in [-0.39, 0.29) is 0 Å². The van der Waals surface area contributed by atoms with Gasteiger partial charge in [0.15, 0.2) is 0 Å². The lowest BCUT2D eigenvalue weighted by atomic mass is 10.1. The van der Waals surface area contributed by atoms with Crippen LogP contribution < -0.4 is 9.47 Å². The summed E-state index contributed by atoms with van der Waals surface area (Å²) in [5.74, 6) is 1.75. The fraction of sp³-hybridized carbons (Fsp3) is 0.250. The average Bonchev–Trinajstić information content (AvgIpc) is 2.45. The van der Waals surface area contributed by atoms with Gasteiger partial charge in [0.2, 0.25) is 0 Å². The highest BCUT2D eigenvalue weighted by Crippen LogP contribution is 2.22. The van der Waals surface area contributed by atoms with Gasteiger partial charge < -0.3 is 9.47 Å². The number of ether oxygens (including phenoxy) is 2. The predicted molar refractivity (Wildman–Crippen MR) is 88.9 cm³/mol. The van der Waals surface area contributed by atoms with Gasteiger partial charge in [-0.1, -0.05) is 55.6 Å². The first-order valence-corrected chi connectivity index (χ1v) is 8.27. The predicted octanol–water partition coefficient (Wildman–Crippen LogP) is 5.11. The van der Waals surface area contributed by atoms with Crippen LogP contribution in [0.1, 0.15) is 11.1 Å². The average molecular weight is 400 g/mol. The van der Waals surface area contributed by atoms with Crippen molar-refractivity contribution in [3.05, 3.63) is 58.1 Å². The topological polar surface area (TPSA) is 18.5 Å². The molecule has 0 fully saturated rings. The first-order valence-electron chi connectivity index (χ1n) is 6.35. The molecule has 0 aliphatic carbocycles. The lowest BCUT2D eigenvalue weighted by Crippen LogP contribution is -2.09. The van der Waals surface area contributed by atoms with Crippen LogP contribution >= 0.6 is 31.9 Å². The molecule has 0 heterocycles. The largest absolute Gasteiger partial charge is 0.490 e. The Morgan fingerprint density at radius 3 is 2.55 bits per heavy atom. The molecular formula is C16H16Br2O2. The molecule has 0 aromatic heterocycles. The maximum absolute atomic E-state index is 5.77. The number of rotatable bonds is 6. The Morgan fingerprint density at radius 2 is 1.80 bits per heavy atom. The monoisotopic (exact) mass is 398 g/mol. The van der Waals surface area contributed by atoms with Crippen LogP contribution in [0.2, 0.25) is 0 Å². The van der Waals surface area contributed by atoms with E-state index in [4.69, 9.17) is 9.47 Å². The summed E-state index contributed by atoms with van der Waals surface area (Å²) in [5.41, 5.74) is 2.39. The molecule has 0 saturated carbocycles. The quantitative estimate of drug-likeness (QED) is 0.496. The number of hydrogen-bond acceptors (Lipinski definition) is 2. The first-order chi connectivity index (χ1) is 9.69. The van der Waals surface area contributed by atoms with Crippen LogP contribution in [0.25, 0.3) is 0 Å². The van der Waals surface area contributed by atoms with Gasteiger partial charge in [0.05, 0.1) is 0 Å². The Hall–Kier alpha value is -1.000. The van der Waals surface area contributed by atoms with Crippen LogP contribution in [0, 0.1) is 6.92 Å². The van der Waals surface area contributed by atoms with Crippen molar-refractivity contribution in [1.82, 2.24) is 0 Å². The molecule has 0 bridgehead atoms. The highest BCUT2D eigenvalue weighted by molar-refractivity contribution is 9.10. The Labute approximate surface area is 136 Å². The Morgan fingerprint density at radius 1 is 1.00 bits per heavy atom. The van der Waals surface area contributed by atoms with E-state index in [1.807, 2.05) is 30.3 Å². The summed E-state index contributed by atoms with van der Waals surface area (Å²) in [6.07, 6.45) is 0. The van der Waals surface area contributed by atoms with E-state index < -0.39 is 0 Å². The molecule has 106 valence electrons. The zero-order valence-corrected chi connectivity index (χ0v) is 14.4. The Bertz CT molecular complexity index is 570. The third-order valence-electron chi connectivity index (χ3n) is 2.77. The molecule has 0 N–H and O–H groups in total. The van der Waals surface area contributed by atoms with Crippen molar-refractivity contribution in [2.24, 2.45) is 0 Å². The summed E-state index contributed by atoms with van der Waals surface area (Å²) in [6.45, 7) is 3.12. The van der Waals surface area contributed by atoms with E-state index in [0.717, 1.165) is 26.9 Å². The second kappa shape index (κ2) is 7.70. The van der Waals surface area contributed by atoms with E-state index in [0.29, 0.717) is 13.2 Å². The summed E-state index contributed by atoms with van der Waals surface area (Å²) < 4.78 is 12.4. The Balaban J connectivity index is 1.84. The first kappa shape index (κ1) is 15.4. The molecule has 4 heteroatoms. The molecule has 0 unspecified atom stereocenters. The van der Waals surface area contributed by atoms with E-state index in [9.17, 15) is 0 Å². The summed E-state index contributed by atoms with van der Waals surface area (Å²) in [5, 5.41) is 0.788. The Kier molecular flexibility index (Phi) is 5.92. The molecule has 0 atom stereocenters. The second-order valence-electron chi connectivity index (χ2n) is 4.40. The van der Waals surface area contributed by atoms with Crippen molar-refractivity contribution in [2.75, 3.05) is 13.2 Å². The lowest BCUT2D eigenvalue weighted by molar-refractivity contribution is 0.216. The SMILES string of the molecule is Cc1ccc(OCCOc2cccc(Br)c2)c(CBr)c1. The summed E-state index contributed by atoms with van der Waals surface area (Å²) in [6, 6.07) is 14.0. The van der Waals surface area contributed by atoms with Crippen LogP contribution in [0.5, 0.6) is 11.5 Å². The van der Waals surface area contributed by atoms with Crippen molar-refractivity contribution in [2.45, 2.75) is 12.3 Å². The van der Waals surface area contributed by atoms with Gasteiger partial charge in [0.25, 0.3) is 0 Å². The molecule has 0 radical (unpaired) electrons. The highest BCUT2D eigenvalue weighted by atomic mass is 79.9. The van der Waals surface area contributed by atoms with Crippen LogP contribution in [0.4, 0.5) is 0 Å². The maximum atomic E-state index is 5.77. The standard InChI is InChI=1S/C16H16Br2O2/c1-12-5-6-16(13(9-12)11-17)20-8-7-19-15-4-2-3-14(18)10-15/h2-6,9-10H,7-8,11H2,1H3. The minimum absolute atomic E-state index is 0.520. The zero-order valence-electron chi connectivity index (χ0n) is 11.2. The number of hydrogen-bond donors (Lipinski definition) is 0. The van der Waals surface area contributed by atoms with Gasteiger partial charge >= 0.3 is 0 Å². The smallest absolute Gasteiger partial charge is 0.123 e. The molecule has 2 nitrogen and oxygen atoms in total. The fourth-order valence-electron chi connectivity index (χ4n) is 1.82. The maximum Gasteiger partial charge on any atom is 0.123 e. The minimum atomic E-state index is 0.520. The zero-order chi connectivity index (χ0) is 14.4. The minimum Gasteiger partial charge on any atom is -0.490 e. The molecule has 2 aromatic rings. The van der Waals surface area contributed by atoms with Crippen molar-refractivity contribution >= 4 is 31.9 Å². The number of halogens is 2. The molecule has 0 spiro atoms. The molecular weight excluding hydrogens is 384 g/mol.